The lowest BCUT2D eigenvalue weighted by Gasteiger charge is -2.02. The van der Waals surface area contributed by atoms with Gasteiger partial charge in [-0.15, -0.1) is 0 Å². The van der Waals surface area contributed by atoms with Gasteiger partial charge < -0.3 is 0 Å². The molecular formula is C10H18. The van der Waals surface area contributed by atoms with Crippen molar-refractivity contribution in [2.45, 2.75) is 46.0 Å². The molecule has 1 fully saturated rings. The fraction of sp³-hybridized carbons (Fsp3) is 0.800. The van der Waals surface area contributed by atoms with Crippen LogP contribution in [0, 0.1) is 5.92 Å². The predicted octanol–water partition coefficient (Wildman–Crippen LogP) is 3.53. The molecule has 0 aromatic heterocycles. The molecule has 0 amide bonds. The van der Waals surface area contributed by atoms with Crippen LogP contribution in [-0.4, -0.2) is 0 Å². The number of hydrogen-bond donors (Lipinski definition) is 0. The van der Waals surface area contributed by atoms with E-state index in [1.54, 1.807) is 5.57 Å². The van der Waals surface area contributed by atoms with Crippen LogP contribution >= 0.6 is 0 Å². The van der Waals surface area contributed by atoms with Gasteiger partial charge in [-0.2, -0.15) is 0 Å². The molecule has 1 rings (SSSR count). The van der Waals surface area contributed by atoms with Crippen LogP contribution in [0.3, 0.4) is 0 Å². The average molecular weight is 138 g/mol. The van der Waals surface area contributed by atoms with Crippen molar-refractivity contribution in [1.82, 2.24) is 0 Å². The molecule has 0 aromatic rings. The van der Waals surface area contributed by atoms with Gasteiger partial charge in [-0.05, 0) is 32.1 Å². The van der Waals surface area contributed by atoms with Crippen molar-refractivity contribution in [3.8, 4) is 0 Å². The molecule has 0 nitrogen and oxygen atoms in total. The van der Waals surface area contributed by atoms with Crippen molar-refractivity contribution in [3.05, 3.63) is 11.6 Å². The molecule has 1 saturated carbocycles. The lowest BCUT2D eigenvalue weighted by molar-refractivity contribution is 0.677. The Balaban J connectivity index is 2.34. The van der Waals surface area contributed by atoms with Gasteiger partial charge in [-0.3, -0.25) is 0 Å². The van der Waals surface area contributed by atoms with Gasteiger partial charge in [0.05, 0.1) is 0 Å². The summed E-state index contributed by atoms with van der Waals surface area (Å²) in [5.74, 6) is 0.931. The third kappa shape index (κ3) is 2.17. The predicted molar refractivity (Wildman–Crippen MR) is 46.0 cm³/mol. The Bertz CT molecular complexity index is 116. The molecular weight excluding hydrogens is 120 g/mol. The topological polar surface area (TPSA) is 0 Å². The maximum Gasteiger partial charge on any atom is -0.0231 e. The van der Waals surface area contributed by atoms with Crippen LogP contribution in [-0.2, 0) is 0 Å². The van der Waals surface area contributed by atoms with E-state index in [1.807, 2.05) is 0 Å². The Morgan fingerprint density at radius 2 is 2.00 bits per heavy atom. The summed E-state index contributed by atoms with van der Waals surface area (Å²) < 4.78 is 0. The van der Waals surface area contributed by atoms with E-state index < -0.39 is 0 Å². The van der Waals surface area contributed by atoms with Crippen molar-refractivity contribution >= 4 is 0 Å². The average Bonchev–Trinajstić information content (AvgIpc) is 2.40. The van der Waals surface area contributed by atoms with Crippen molar-refractivity contribution < 1.29 is 0 Å². The second-order valence-electron chi connectivity index (χ2n) is 3.41. The highest BCUT2D eigenvalue weighted by molar-refractivity contribution is 5.01. The minimum atomic E-state index is 0.931. The zero-order chi connectivity index (χ0) is 7.40. The van der Waals surface area contributed by atoms with E-state index in [-0.39, 0.29) is 0 Å². The second kappa shape index (κ2) is 3.80. The first-order valence-electron chi connectivity index (χ1n) is 4.50. The van der Waals surface area contributed by atoms with Crippen LogP contribution in [0.1, 0.15) is 46.0 Å². The number of rotatable bonds is 2. The summed E-state index contributed by atoms with van der Waals surface area (Å²) in [4.78, 5) is 0. The summed E-state index contributed by atoms with van der Waals surface area (Å²) in [6.45, 7) is 4.49. The highest BCUT2D eigenvalue weighted by Crippen LogP contribution is 2.26. The van der Waals surface area contributed by atoms with Gasteiger partial charge in [0, 0.05) is 0 Å². The minimum absolute atomic E-state index is 0.931. The highest BCUT2D eigenvalue weighted by atomic mass is 14.2. The van der Waals surface area contributed by atoms with E-state index in [0.29, 0.717) is 0 Å². The van der Waals surface area contributed by atoms with Crippen LogP contribution in [0.15, 0.2) is 11.6 Å². The fourth-order valence-corrected chi connectivity index (χ4v) is 1.64. The maximum absolute atomic E-state index is 2.48. The Morgan fingerprint density at radius 3 is 2.50 bits per heavy atom. The summed E-state index contributed by atoms with van der Waals surface area (Å²) in [7, 11) is 0. The Labute approximate surface area is 64.3 Å². The zero-order valence-corrected chi connectivity index (χ0v) is 7.19. The van der Waals surface area contributed by atoms with Crippen molar-refractivity contribution in [2.75, 3.05) is 0 Å². The van der Waals surface area contributed by atoms with Gasteiger partial charge in [-0.1, -0.05) is 31.4 Å². The van der Waals surface area contributed by atoms with E-state index in [2.05, 4.69) is 19.9 Å². The molecule has 10 heavy (non-hydrogen) atoms. The molecule has 0 bridgehead atoms. The summed E-state index contributed by atoms with van der Waals surface area (Å²) in [5.41, 5.74) is 1.58. The van der Waals surface area contributed by atoms with Crippen molar-refractivity contribution in [1.29, 1.82) is 0 Å². The molecule has 0 aromatic carbocycles. The molecule has 0 radical (unpaired) electrons. The van der Waals surface area contributed by atoms with Crippen LogP contribution in [0.5, 0.6) is 0 Å². The molecule has 0 aliphatic heterocycles. The van der Waals surface area contributed by atoms with Crippen LogP contribution < -0.4 is 0 Å². The molecule has 58 valence electrons. The van der Waals surface area contributed by atoms with E-state index in [0.717, 1.165) is 5.92 Å². The molecule has 0 spiro atoms. The van der Waals surface area contributed by atoms with E-state index in [9.17, 15) is 0 Å². The van der Waals surface area contributed by atoms with E-state index in [4.69, 9.17) is 0 Å². The van der Waals surface area contributed by atoms with Crippen LogP contribution in [0.4, 0.5) is 0 Å². The first kappa shape index (κ1) is 7.84. The lowest BCUT2D eigenvalue weighted by atomic mass is 10.0. The lowest BCUT2D eigenvalue weighted by Crippen LogP contribution is -1.87. The largest absolute Gasteiger partial charge is 0.0825 e. The normalized spacial score (nSPS) is 22.0. The summed E-state index contributed by atoms with van der Waals surface area (Å²) in [6.07, 6.45) is 9.51. The molecule has 0 atom stereocenters. The smallest absolute Gasteiger partial charge is 0.0231 e. The zero-order valence-electron chi connectivity index (χ0n) is 7.19. The van der Waals surface area contributed by atoms with Gasteiger partial charge in [0.2, 0.25) is 0 Å². The van der Waals surface area contributed by atoms with Gasteiger partial charge >= 0.3 is 0 Å². The Kier molecular flexibility index (Phi) is 2.98. The van der Waals surface area contributed by atoms with Crippen molar-refractivity contribution in [3.63, 3.8) is 0 Å². The number of hydrogen-bond acceptors (Lipinski definition) is 0. The van der Waals surface area contributed by atoms with E-state index in [1.165, 1.54) is 32.1 Å². The minimum Gasteiger partial charge on any atom is -0.0825 e. The first-order chi connectivity index (χ1) is 4.83. The SMILES string of the molecule is CC/C(C)=C/C1CCCC1. The molecule has 0 N–H and O–H groups in total. The summed E-state index contributed by atoms with van der Waals surface area (Å²) in [5, 5.41) is 0. The van der Waals surface area contributed by atoms with E-state index >= 15 is 0 Å². The fourth-order valence-electron chi connectivity index (χ4n) is 1.64. The number of allylic oxidation sites excluding steroid dienone is 2. The maximum atomic E-state index is 2.48. The molecule has 0 heteroatoms. The third-order valence-corrected chi connectivity index (χ3v) is 2.48. The first-order valence-corrected chi connectivity index (χ1v) is 4.50. The standard InChI is InChI=1S/C10H18/c1-3-9(2)8-10-6-4-5-7-10/h8,10H,3-7H2,1-2H3/b9-8+. The molecule has 0 saturated heterocycles. The third-order valence-electron chi connectivity index (χ3n) is 2.48. The van der Waals surface area contributed by atoms with Gasteiger partial charge in [0.25, 0.3) is 0 Å². The second-order valence-corrected chi connectivity index (χ2v) is 3.41. The van der Waals surface area contributed by atoms with Crippen LogP contribution in [0.25, 0.3) is 0 Å². The van der Waals surface area contributed by atoms with Crippen molar-refractivity contribution in [2.24, 2.45) is 5.92 Å². The Hall–Kier alpha value is -0.260. The molecule has 0 heterocycles. The molecule has 1 aliphatic carbocycles. The van der Waals surface area contributed by atoms with Gasteiger partial charge in [0.1, 0.15) is 0 Å². The quantitative estimate of drug-likeness (QED) is 0.512. The van der Waals surface area contributed by atoms with Gasteiger partial charge in [-0.25, -0.2) is 0 Å². The van der Waals surface area contributed by atoms with Gasteiger partial charge in [0.15, 0.2) is 0 Å². The summed E-state index contributed by atoms with van der Waals surface area (Å²) >= 11 is 0. The monoisotopic (exact) mass is 138 g/mol. The molecule has 0 unspecified atom stereocenters. The summed E-state index contributed by atoms with van der Waals surface area (Å²) in [6, 6.07) is 0. The van der Waals surface area contributed by atoms with Crippen LogP contribution in [0.2, 0.25) is 0 Å². The Morgan fingerprint density at radius 1 is 1.40 bits per heavy atom. The molecule has 1 aliphatic rings. The highest BCUT2D eigenvalue weighted by Gasteiger charge is 2.11.